The molecular formula is C13H20BrNO2S2. The Balaban J connectivity index is 2.26. The molecule has 0 unspecified atom stereocenters. The molecule has 0 amide bonds. The van der Waals surface area contributed by atoms with Crippen molar-refractivity contribution in [3.8, 4) is 0 Å². The van der Waals surface area contributed by atoms with Crippen molar-refractivity contribution in [3.05, 3.63) is 17.0 Å². The SMILES string of the molecule is Cc1ccc(S(=O)(=O)N(CCBr)C2CCCCC2)s1. The van der Waals surface area contributed by atoms with Crippen LogP contribution in [0.2, 0.25) is 0 Å². The maximum Gasteiger partial charge on any atom is 0.252 e. The largest absolute Gasteiger partial charge is 0.252 e. The lowest BCUT2D eigenvalue weighted by Crippen LogP contribution is -2.42. The van der Waals surface area contributed by atoms with E-state index >= 15 is 0 Å². The van der Waals surface area contributed by atoms with E-state index in [1.165, 1.54) is 17.8 Å². The van der Waals surface area contributed by atoms with Crippen LogP contribution in [0.4, 0.5) is 0 Å². The van der Waals surface area contributed by atoms with E-state index in [0.717, 1.165) is 30.6 Å². The zero-order valence-electron chi connectivity index (χ0n) is 11.1. The van der Waals surface area contributed by atoms with Gasteiger partial charge >= 0.3 is 0 Å². The van der Waals surface area contributed by atoms with Gasteiger partial charge in [0.05, 0.1) is 0 Å². The molecule has 0 radical (unpaired) electrons. The number of halogens is 1. The van der Waals surface area contributed by atoms with Gasteiger partial charge in [-0.05, 0) is 31.9 Å². The van der Waals surface area contributed by atoms with E-state index in [-0.39, 0.29) is 6.04 Å². The molecule has 0 N–H and O–H groups in total. The molecule has 1 aromatic heterocycles. The van der Waals surface area contributed by atoms with E-state index in [1.54, 1.807) is 10.4 Å². The van der Waals surface area contributed by atoms with Crippen LogP contribution in [0, 0.1) is 6.92 Å². The van der Waals surface area contributed by atoms with E-state index in [2.05, 4.69) is 15.9 Å². The second-order valence-corrected chi connectivity index (χ2v) is 9.16. The van der Waals surface area contributed by atoms with Gasteiger partial charge in [0, 0.05) is 22.8 Å². The molecule has 1 fully saturated rings. The number of hydrogen-bond acceptors (Lipinski definition) is 3. The molecule has 1 aliphatic rings. The first-order valence-corrected chi connectivity index (χ1v) is 10.1. The second-order valence-electron chi connectivity index (χ2n) is 4.96. The highest BCUT2D eigenvalue weighted by Crippen LogP contribution is 2.30. The van der Waals surface area contributed by atoms with Crippen molar-refractivity contribution < 1.29 is 8.42 Å². The Labute approximate surface area is 128 Å². The lowest BCUT2D eigenvalue weighted by atomic mass is 9.95. The molecule has 0 saturated heterocycles. The Bertz CT molecular complexity index is 506. The number of thiophene rings is 1. The molecule has 1 heterocycles. The summed E-state index contributed by atoms with van der Waals surface area (Å²) in [5.74, 6) is 0. The highest BCUT2D eigenvalue weighted by Gasteiger charge is 2.32. The van der Waals surface area contributed by atoms with Gasteiger partial charge in [0.2, 0.25) is 0 Å². The first-order chi connectivity index (χ1) is 9.05. The third-order valence-electron chi connectivity index (χ3n) is 3.57. The summed E-state index contributed by atoms with van der Waals surface area (Å²) < 4.78 is 27.7. The fourth-order valence-corrected chi connectivity index (χ4v) is 6.33. The standard InChI is InChI=1S/C13H20BrNO2S2/c1-11-7-8-13(18-11)19(16,17)15(10-9-14)12-5-3-2-4-6-12/h7-8,12H,2-6,9-10H2,1H3. The van der Waals surface area contributed by atoms with Gasteiger partial charge in [0.25, 0.3) is 10.0 Å². The minimum absolute atomic E-state index is 0.179. The van der Waals surface area contributed by atoms with Crippen LogP contribution in [0.3, 0.4) is 0 Å². The van der Waals surface area contributed by atoms with E-state index < -0.39 is 10.0 Å². The third kappa shape index (κ3) is 3.60. The van der Waals surface area contributed by atoms with Crippen LogP contribution >= 0.6 is 27.3 Å². The zero-order chi connectivity index (χ0) is 13.9. The lowest BCUT2D eigenvalue weighted by molar-refractivity contribution is 0.263. The Kier molecular flexibility index (Phi) is 5.45. The first-order valence-electron chi connectivity index (χ1n) is 6.70. The van der Waals surface area contributed by atoms with Crippen molar-refractivity contribution in [2.45, 2.75) is 49.3 Å². The monoisotopic (exact) mass is 365 g/mol. The van der Waals surface area contributed by atoms with Crippen molar-refractivity contribution in [3.63, 3.8) is 0 Å². The van der Waals surface area contributed by atoms with Gasteiger partial charge in [-0.2, -0.15) is 4.31 Å². The van der Waals surface area contributed by atoms with Gasteiger partial charge in [-0.1, -0.05) is 35.2 Å². The number of nitrogens with zero attached hydrogens (tertiary/aromatic N) is 1. The van der Waals surface area contributed by atoms with E-state index in [1.807, 2.05) is 13.0 Å². The average molecular weight is 366 g/mol. The number of alkyl halides is 1. The van der Waals surface area contributed by atoms with Crippen LogP contribution in [0.15, 0.2) is 16.3 Å². The number of aryl methyl sites for hydroxylation is 1. The topological polar surface area (TPSA) is 37.4 Å². The minimum Gasteiger partial charge on any atom is -0.206 e. The van der Waals surface area contributed by atoms with Crippen molar-refractivity contribution in [1.82, 2.24) is 4.31 Å². The molecule has 1 aliphatic carbocycles. The predicted molar refractivity (Wildman–Crippen MR) is 83.6 cm³/mol. The molecule has 19 heavy (non-hydrogen) atoms. The molecular weight excluding hydrogens is 346 g/mol. The van der Waals surface area contributed by atoms with E-state index in [4.69, 9.17) is 0 Å². The van der Waals surface area contributed by atoms with Crippen LogP contribution in [0.1, 0.15) is 37.0 Å². The fourth-order valence-electron chi connectivity index (χ4n) is 2.62. The van der Waals surface area contributed by atoms with Gasteiger partial charge < -0.3 is 0 Å². The van der Waals surface area contributed by atoms with Crippen LogP contribution in [0.25, 0.3) is 0 Å². The van der Waals surface area contributed by atoms with Gasteiger partial charge in [-0.25, -0.2) is 8.42 Å². The summed E-state index contributed by atoms with van der Waals surface area (Å²) in [7, 11) is -3.32. The molecule has 0 aromatic carbocycles. The summed E-state index contributed by atoms with van der Waals surface area (Å²) in [5, 5.41) is 0.688. The van der Waals surface area contributed by atoms with Crippen LogP contribution in [0.5, 0.6) is 0 Å². The molecule has 1 aromatic rings. The zero-order valence-corrected chi connectivity index (χ0v) is 14.4. The molecule has 0 aliphatic heterocycles. The number of hydrogen-bond donors (Lipinski definition) is 0. The summed E-state index contributed by atoms with van der Waals surface area (Å²) in [6.07, 6.45) is 5.51. The van der Waals surface area contributed by atoms with Crippen molar-refractivity contribution in [2.75, 3.05) is 11.9 Å². The van der Waals surface area contributed by atoms with E-state index in [9.17, 15) is 8.42 Å². The summed E-state index contributed by atoms with van der Waals surface area (Å²) in [5.41, 5.74) is 0. The first kappa shape index (κ1) is 15.5. The normalized spacial score (nSPS) is 18.1. The molecule has 2 rings (SSSR count). The minimum atomic E-state index is -3.32. The number of rotatable bonds is 5. The second kappa shape index (κ2) is 6.70. The quantitative estimate of drug-likeness (QED) is 0.744. The smallest absolute Gasteiger partial charge is 0.206 e. The van der Waals surface area contributed by atoms with Crippen LogP contribution in [-0.2, 0) is 10.0 Å². The Hall–Kier alpha value is 0.0900. The maximum absolute atomic E-state index is 12.8. The average Bonchev–Trinajstić information content (AvgIpc) is 2.84. The lowest BCUT2D eigenvalue weighted by Gasteiger charge is -2.32. The highest BCUT2D eigenvalue weighted by molar-refractivity contribution is 9.09. The summed E-state index contributed by atoms with van der Waals surface area (Å²) in [6.45, 7) is 2.50. The van der Waals surface area contributed by atoms with Crippen molar-refractivity contribution in [1.29, 1.82) is 0 Å². The van der Waals surface area contributed by atoms with Gasteiger partial charge in [0.15, 0.2) is 0 Å². The molecule has 0 bridgehead atoms. The Morgan fingerprint density at radius 2 is 2.00 bits per heavy atom. The summed E-state index contributed by atoms with van der Waals surface area (Å²) in [4.78, 5) is 1.04. The van der Waals surface area contributed by atoms with Gasteiger partial charge in [-0.15, -0.1) is 11.3 Å². The van der Waals surface area contributed by atoms with Crippen LogP contribution < -0.4 is 0 Å². The summed E-state index contributed by atoms with van der Waals surface area (Å²) in [6, 6.07) is 3.79. The third-order valence-corrected chi connectivity index (χ3v) is 7.34. The van der Waals surface area contributed by atoms with Crippen LogP contribution in [-0.4, -0.2) is 30.6 Å². The van der Waals surface area contributed by atoms with Crippen molar-refractivity contribution >= 4 is 37.3 Å². The Morgan fingerprint density at radius 3 is 2.53 bits per heavy atom. The number of sulfonamides is 1. The van der Waals surface area contributed by atoms with E-state index in [0.29, 0.717) is 16.1 Å². The molecule has 0 spiro atoms. The molecule has 0 atom stereocenters. The molecule has 108 valence electrons. The maximum atomic E-state index is 12.8. The Morgan fingerprint density at radius 1 is 1.32 bits per heavy atom. The summed E-state index contributed by atoms with van der Waals surface area (Å²) >= 11 is 4.75. The molecule has 6 heteroatoms. The van der Waals surface area contributed by atoms with Gasteiger partial charge in [0.1, 0.15) is 4.21 Å². The van der Waals surface area contributed by atoms with Crippen molar-refractivity contribution in [2.24, 2.45) is 0 Å². The predicted octanol–water partition coefficient (Wildman–Crippen LogP) is 3.77. The highest BCUT2D eigenvalue weighted by atomic mass is 79.9. The fraction of sp³-hybridized carbons (Fsp3) is 0.692. The van der Waals surface area contributed by atoms with Gasteiger partial charge in [-0.3, -0.25) is 0 Å². The molecule has 1 saturated carbocycles. The molecule has 3 nitrogen and oxygen atoms in total.